The Morgan fingerprint density at radius 1 is 1.28 bits per heavy atom. The van der Waals surface area contributed by atoms with Crippen LogP contribution in [0.3, 0.4) is 0 Å². The van der Waals surface area contributed by atoms with E-state index in [1.54, 1.807) is 11.0 Å². The van der Waals surface area contributed by atoms with E-state index in [-0.39, 0.29) is 17.5 Å². The van der Waals surface area contributed by atoms with Crippen LogP contribution in [0, 0.1) is 12.7 Å². The van der Waals surface area contributed by atoms with Crippen LogP contribution in [0.15, 0.2) is 16.6 Å². The Balaban J connectivity index is 1.95. The van der Waals surface area contributed by atoms with Crippen molar-refractivity contribution in [2.24, 2.45) is 0 Å². The maximum atomic E-state index is 14.1. The summed E-state index contributed by atoms with van der Waals surface area (Å²) in [5, 5.41) is 2.82. The van der Waals surface area contributed by atoms with Crippen molar-refractivity contribution in [1.82, 2.24) is 10.2 Å². The van der Waals surface area contributed by atoms with Gasteiger partial charge in [0.25, 0.3) is 5.91 Å². The highest BCUT2D eigenvalue weighted by Gasteiger charge is 2.28. The second-order valence-corrected chi connectivity index (χ2v) is 8.06. The lowest BCUT2D eigenvalue weighted by molar-refractivity contribution is 0.0473. The van der Waals surface area contributed by atoms with Gasteiger partial charge in [-0.25, -0.2) is 9.18 Å². The number of amides is 2. The van der Waals surface area contributed by atoms with Crippen molar-refractivity contribution in [2.45, 2.75) is 52.2 Å². The topological polar surface area (TPSA) is 58.6 Å². The summed E-state index contributed by atoms with van der Waals surface area (Å²) in [7, 11) is 0. The number of aryl methyl sites for hydroxylation is 1. The van der Waals surface area contributed by atoms with Crippen LogP contribution in [-0.2, 0) is 4.74 Å². The summed E-state index contributed by atoms with van der Waals surface area (Å²) in [6.07, 6.45) is 0.760. The SMILES string of the molecule is Cc1ccc(F)c(C(=O)N2CCC(NC(=O)OC(C)(C)C)CC2)c1Br. The second-order valence-electron chi connectivity index (χ2n) is 7.27. The summed E-state index contributed by atoms with van der Waals surface area (Å²) in [5.41, 5.74) is 0.334. The zero-order chi connectivity index (χ0) is 18.8. The molecular formula is C18H24BrFN2O3. The molecule has 1 aromatic carbocycles. The van der Waals surface area contributed by atoms with Crippen molar-refractivity contribution in [2.75, 3.05) is 13.1 Å². The van der Waals surface area contributed by atoms with Crippen molar-refractivity contribution < 1.29 is 18.7 Å². The summed E-state index contributed by atoms with van der Waals surface area (Å²) < 4.78 is 19.8. The highest BCUT2D eigenvalue weighted by Crippen LogP contribution is 2.26. The van der Waals surface area contributed by atoms with Gasteiger partial charge < -0.3 is 15.0 Å². The minimum Gasteiger partial charge on any atom is -0.444 e. The average Bonchev–Trinajstić information content (AvgIpc) is 2.50. The number of benzene rings is 1. The van der Waals surface area contributed by atoms with Gasteiger partial charge in [-0.2, -0.15) is 0 Å². The van der Waals surface area contributed by atoms with Gasteiger partial charge in [0.15, 0.2) is 0 Å². The van der Waals surface area contributed by atoms with E-state index in [9.17, 15) is 14.0 Å². The number of carbonyl (C=O) groups is 2. The maximum Gasteiger partial charge on any atom is 0.407 e. The molecule has 1 aromatic rings. The van der Waals surface area contributed by atoms with E-state index in [1.165, 1.54) is 6.07 Å². The van der Waals surface area contributed by atoms with Gasteiger partial charge in [-0.05, 0) is 68.1 Å². The molecule has 0 saturated carbocycles. The Labute approximate surface area is 156 Å². The number of nitrogens with zero attached hydrogens (tertiary/aromatic N) is 1. The average molecular weight is 415 g/mol. The molecule has 0 aromatic heterocycles. The third-order valence-electron chi connectivity index (χ3n) is 4.00. The summed E-state index contributed by atoms with van der Waals surface area (Å²) >= 11 is 3.31. The van der Waals surface area contributed by atoms with Gasteiger partial charge in [-0.15, -0.1) is 0 Å². The fourth-order valence-electron chi connectivity index (χ4n) is 2.71. The molecule has 1 heterocycles. The van der Waals surface area contributed by atoms with Gasteiger partial charge in [-0.3, -0.25) is 4.79 Å². The molecular weight excluding hydrogens is 391 g/mol. The first-order chi connectivity index (χ1) is 11.6. The molecule has 1 aliphatic rings. The molecule has 2 rings (SSSR count). The summed E-state index contributed by atoms with van der Waals surface area (Å²) in [5.74, 6) is -0.861. The Kier molecular flexibility index (Phi) is 6.08. The van der Waals surface area contributed by atoms with Gasteiger partial charge in [0.1, 0.15) is 11.4 Å². The standard InChI is InChI=1S/C18H24BrFN2O3/c1-11-5-6-13(20)14(15(11)19)16(23)22-9-7-12(8-10-22)21-17(24)25-18(2,3)4/h5-6,12H,7-10H2,1-4H3,(H,21,24). The number of likely N-dealkylation sites (tertiary alicyclic amines) is 1. The fourth-order valence-corrected chi connectivity index (χ4v) is 3.20. The molecule has 1 saturated heterocycles. The lowest BCUT2D eigenvalue weighted by atomic mass is 10.0. The zero-order valence-corrected chi connectivity index (χ0v) is 16.6. The number of carbonyl (C=O) groups excluding carboxylic acids is 2. The highest BCUT2D eigenvalue weighted by atomic mass is 79.9. The molecule has 0 bridgehead atoms. The third kappa shape index (κ3) is 5.17. The van der Waals surface area contributed by atoms with Crippen LogP contribution in [0.5, 0.6) is 0 Å². The van der Waals surface area contributed by atoms with E-state index >= 15 is 0 Å². The molecule has 2 amide bonds. The smallest absolute Gasteiger partial charge is 0.407 e. The van der Waals surface area contributed by atoms with Crippen LogP contribution in [-0.4, -0.2) is 41.6 Å². The summed E-state index contributed by atoms with van der Waals surface area (Å²) in [4.78, 5) is 26.1. The number of piperidine rings is 1. The third-order valence-corrected chi connectivity index (χ3v) is 5.02. The molecule has 0 atom stereocenters. The molecule has 1 N–H and O–H groups in total. The first-order valence-electron chi connectivity index (χ1n) is 8.32. The molecule has 1 fully saturated rings. The van der Waals surface area contributed by atoms with Crippen molar-refractivity contribution in [3.8, 4) is 0 Å². The van der Waals surface area contributed by atoms with E-state index in [1.807, 2.05) is 27.7 Å². The number of hydrogen-bond acceptors (Lipinski definition) is 3. The monoisotopic (exact) mass is 414 g/mol. The Morgan fingerprint density at radius 2 is 1.88 bits per heavy atom. The number of nitrogens with one attached hydrogen (secondary N) is 1. The van der Waals surface area contributed by atoms with E-state index in [0.29, 0.717) is 30.4 Å². The maximum absolute atomic E-state index is 14.1. The number of rotatable bonds is 2. The Morgan fingerprint density at radius 3 is 2.44 bits per heavy atom. The largest absolute Gasteiger partial charge is 0.444 e. The van der Waals surface area contributed by atoms with Crippen molar-refractivity contribution in [1.29, 1.82) is 0 Å². The molecule has 5 nitrogen and oxygen atoms in total. The lowest BCUT2D eigenvalue weighted by Gasteiger charge is -2.33. The quantitative estimate of drug-likeness (QED) is 0.794. The molecule has 0 radical (unpaired) electrons. The van der Waals surface area contributed by atoms with Crippen LogP contribution in [0.2, 0.25) is 0 Å². The molecule has 7 heteroatoms. The molecule has 1 aliphatic heterocycles. The first kappa shape index (κ1) is 19.7. The Hall–Kier alpha value is -1.63. The molecule has 0 spiro atoms. The summed E-state index contributed by atoms with van der Waals surface area (Å²) in [6.45, 7) is 8.15. The fraction of sp³-hybridized carbons (Fsp3) is 0.556. The van der Waals surface area contributed by atoms with E-state index in [2.05, 4.69) is 21.2 Å². The molecule has 0 aliphatic carbocycles. The first-order valence-corrected chi connectivity index (χ1v) is 9.11. The second kappa shape index (κ2) is 7.72. The van der Waals surface area contributed by atoms with Crippen molar-refractivity contribution >= 4 is 27.9 Å². The predicted molar refractivity (Wildman–Crippen MR) is 97.1 cm³/mol. The van der Waals surface area contributed by atoms with Crippen LogP contribution in [0.25, 0.3) is 0 Å². The van der Waals surface area contributed by atoms with Crippen molar-refractivity contribution in [3.63, 3.8) is 0 Å². The van der Waals surface area contributed by atoms with E-state index in [4.69, 9.17) is 4.74 Å². The van der Waals surface area contributed by atoms with E-state index < -0.39 is 17.5 Å². The number of halogens is 2. The van der Waals surface area contributed by atoms with Gasteiger partial charge in [0.2, 0.25) is 0 Å². The van der Waals surface area contributed by atoms with Gasteiger partial charge >= 0.3 is 6.09 Å². The van der Waals surface area contributed by atoms with E-state index in [0.717, 1.165) is 5.56 Å². The van der Waals surface area contributed by atoms with Crippen molar-refractivity contribution in [3.05, 3.63) is 33.5 Å². The highest BCUT2D eigenvalue weighted by molar-refractivity contribution is 9.10. The molecule has 138 valence electrons. The Bertz CT molecular complexity index is 665. The summed E-state index contributed by atoms with van der Waals surface area (Å²) in [6, 6.07) is 2.89. The van der Waals surface area contributed by atoms with Gasteiger partial charge in [0.05, 0.1) is 5.56 Å². The lowest BCUT2D eigenvalue weighted by Crippen LogP contribution is -2.47. The molecule has 25 heavy (non-hydrogen) atoms. The van der Waals surface area contributed by atoms with Gasteiger partial charge in [0, 0.05) is 23.6 Å². The zero-order valence-electron chi connectivity index (χ0n) is 15.0. The number of hydrogen-bond donors (Lipinski definition) is 1. The minimum absolute atomic E-state index is 0.0512. The van der Waals surface area contributed by atoms with Crippen LogP contribution in [0.1, 0.15) is 49.5 Å². The van der Waals surface area contributed by atoms with Crippen LogP contribution in [0.4, 0.5) is 9.18 Å². The normalized spacial score (nSPS) is 15.8. The van der Waals surface area contributed by atoms with Crippen LogP contribution >= 0.6 is 15.9 Å². The minimum atomic E-state index is -0.546. The predicted octanol–water partition coefficient (Wildman–Crippen LogP) is 4.03. The molecule has 0 unspecified atom stereocenters. The van der Waals surface area contributed by atoms with Crippen LogP contribution < -0.4 is 5.32 Å². The van der Waals surface area contributed by atoms with Gasteiger partial charge in [-0.1, -0.05) is 6.07 Å². The number of ether oxygens (including phenoxy) is 1. The number of alkyl carbamates (subject to hydrolysis) is 1.